The van der Waals surface area contributed by atoms with Gasteiger partial charge in [0.25, 0.3) is 0 Å². The summed E-state index contributed by atoms with van der Waals surface area (Å²) in [6, 6.07) is 6.00. The summed E-state index contributed by atoms with van der Waals surface area (Å²) in [4.78, 5) is 19.5. The van der Waals surface area contributed by atoms with Crippen LogP contribution in [0.1, 0.15) is 37.0 Å². The van der Waals surface area contributed by atoms with Gasteiger partial charge in [-0.25, -0.2) is 9.78 Å². The monoisotopic (exact) mass is 388 g/mol. The molecule has 28 heavy (non-hydrogen) atoms. The van der Waals surface area contributed by atoms with E-state index in [9.17, 15) is 4.79 Å². The number of hydrogen-bond acceptors (Lipinski definition) is 7. The van der Waals surface area contributed by atoms with Crippen LogP contribution in [0.2, 0.25) is 0 Å². The van der Waals surface area contributed by atoms with Gasteiger partial charge in [-0.2, -0.15) is 0 Å². The lowest BCUT2D eigenvalue weighted by Crippen LogP contribution is -2.56. The van der Waals surface area contributed by atoms with Crippen LogP contribution in [0.3, 0.4) is 0 Å². The van der Waals surface area contributed by atoms with Crippen LogP contribution in [0.15, 0.2) is 29.0 Å². The minimum absolute atomic E-state index is 0.178. The molecule has 0 bridgehead atoms. The highest BCUT2D eigenvalue weighted by atomic mass is 16.6. The molecule has 1 aromatic carbocycles. The molecule has 2 saturated heterocycles. The Morgan fingerprint density at radius 2 is 2.07 bits per heavy atom. The van der Waals surface area contributed by atoms with E-state index in [0.717, 1.165) is 32.6 Å². The van der Waals surface area contributed by atoms with Gasteiger partial charge in [-0.15, -0.1) is 0 Å². The first-order valence-electron chi connectivity index (χ1n) is 10.1. The standard InChI is InChI=1S/C21H28N2O5/c1-3-23(15-7-9-25-10-8-15)17-11-26-12-19(14(17)2)28-21(24)16-5-4-6-18-20(16)22-13-27-18/h4-6,13-15,17,19H,3,7-12H2,1-2H3. The number of carbonyl (C=O) groups is 1. The molecule has 0 radical (unpaired) electrons. The molecule has 0 spiro atoms. The second kappa shape index (κ2) is 8.59. The first-order valence-corrected chi connectivity index (χ1v) is 10.1. The Kier molecular flexibility index (Phi) is 5.94. The largest absolute Gasteiger partial charge is 0.456 e. The Balaban J connectivity index is 1.47. The van der Waals surface area contributed by atoms with E-state index in [1.807, 2.05) is 0 Å². The van der Waals surface area contributed by atoms with Gasteiger partial charge in [0.05, 0.1) is 18.8 Å². The number of aromatic nitrogens is 1. The Bertz CT molecular complexity index is 801. The molecule has 3 atom stereocenters. The predicted octanol–water partition coefficient (Wildman–Crippen LogP) is 2.89. The van der Waals surface area contributed by atoms with Crippen molar-refractivity contribution in [1.29, 1.82) is 0 Å². The molecule has 2 aliphatic heterocycles. The fourth-order valence-electron chi connectivity index (χ4n) is 4.43. The number of esters is 1. The second-order valence-electron chi connectivity index (χ2n) is 7.59. The van der Waals surface area contributed by atoms with Crippen LogP contribution in [0.4, 0.5) is 0 Å². The molecule has 1 aromatic heterocycles. The predicted molar refractivity (Wildman–Crippen MR) is 103 cm³/mol. The summed E-state index contributed by atoms with van der Waals surface area (Å²) >= 11 is 0. The molecule has 0 aliphatic carbocycles. The molecule has 7 nitrogen and oxygen atoms in total. The van der Waals surface area contributed by atoms with Crippen molar-refractivity contribution in [2.45, 2.75) is 44.9 Å². The molecule has 2 fully saturated rings. The molecule has 7 heteroatoms. The zero-order chi connectivity index (χ0) is 19.5. The first kappa shape index (κ1) is 19.4. The third kappa shape index (κ3) is 3.79. The lowest BCUT2D eigenvalue weighted by molar-refractivity contribution is -0.110. The zero-order valence-corrected chi connectivity index (χ0v) is 16.5. The number of benzene rings is 1. The van der Waals surface area contributed by atoms with Crippen molar-refractivity contribution in [2.24, 2.45) is 5.92 Å². The Morgan fingerprint density at radius 3 is 2.86 bits per heavy atom. The Hall–Kier alpha value is -1.96. The summed E-state index contributed by atoms with van der Waals surface area (Å²) < 4.78 is 22.6. The van der Waals surface area contributed by atoms with E-state index in [2.05, 4.69) is 23.7 Å². The van der Waals surface area contributed by atoms with Gasteiger partial charge in [-0.1, -0.05) is 19.9 Å². The summed E-state index contributed by atoms with van der Waals surface area (Å²) in [6.07, 6.45) is 3.13. The van der Waals surface area contributed by atoms with E-state index in [4.69, 9.17) is 18.6 Å². The third-order valence-corrected chi connectivity index (χ3v) is 6.05. The highest BCUT2D eigenvalue weighted by Gasteiger charge is 2.39. The lowest BCUT2D eigenvalue weighted by Gasteiger charge is -2.45. The van der Waals surface area contributed by atoms with Crippen molar-refractivity contribution < 1.29 is 23.4 Å². The Labute approximate surface area is 164 Å². The van der Waals surface area contributed by atoms with Gasteiger partial charge in [0.2, 0.25) is 0 Å². The molecule has 0 saturated carbocycles. The van der Waals surface area contributed by atoms with Crippen molar-refractivity contribution >= 4 is 17.1 Å². The average molecular weight is 388 g/mol. The quantitative estimate of drug-likeness (QED) is 0.729. The van der Waals surface area contributed by atoms with Crippen molar-refractivity contribution in [3.05, 3.63) is 30.2 Å². The number of carbonyl (C=O) groups excluding carboxylic acids is 1. The summed E-state index contributed by atoms with van der Waals surface area (Å²) in [7, 11) is 0. The summed E-state index contributed by atoms with van der Waals surface area (Å²) in [5.74, 6) is -0.202. The van der Waals surface area contributed by atoms with Crippen molar-refractivity contribution in [3.8, 4) is 0 Å². The highest BCUT2D eigenvalue weighted by molar-refractivity contribution is 6.01. The molecule has 4 rings (SSSR count). The van der Waals surface area contributed by atoms with Crippen molar-refractivity contribution in [1.82, 2.24) is 9.88 Å². The molecule has 0 N–H and O–H groups in total. The van der Waals surface area contributed by atoms with Gasteiger partial charge in [0.15, 0.2) is 12.0 Å². The van der Waals surface area contributed by atoms with Gasteiger partial charge in [0.1, 0.15) is 11.6 Å². The number of nitrogens with zero attached hydrogens (tertiary/aromatic N) is 2. The molecule has 2 aromatic rings. The van der Waals surface area contributed by atoms with E-state index < -0.39 is 0 Å². The molecule has 3 unspecified atom stereocenters. The van der Waals surface area contributed by atoms with E-state index >= 15 is 0 Å². The van der Waals surface area contributed by atoms with Crippen LogP contribution in [0.25, 0.3) is 11.1 Å². The van der Waals surface area contributed by atoms with Gasteiger partial charge in [-0.05, 0) is 31.5 Å². The molecular formula is C21H28N2O5. The molecular weight excluding hydrogens is 360 g/mol. The van der Waals surface area contributed by atoms with E-state index in [1.54, 1.807) is 18.2 Å². The number of rotatable bonds is 5. The molecule has 2 aliphatic rings. The Morgan fingerprint density at radius 1 is 1.25 bits per heavy atom. The van der Waals surface area contributed by atoms with E-state index in [1.165, 1.54) is 6.39 Å². The number of hydrogen-bond donors (Lipinski definition) is 0. The smallest absolute Gasteiger partial charge is 0.340 e. The van der Waals surface area contributed by atoms with Crippen LogP contribution in [-0.2, 0) is 14.2 Å². The van der Waals surface area contributed by atoms with Gasteiger partial charge in [-0.3, -0.25) is 4.90 Å². The summed E-state index contributed by atoms with van der Waals surface area (Å²) in [5.41, 5.74) is 1.54. The minimum Gasteiger partial charge on any atom is -0.456 e. The maximum Gasteiger partial charge on any atom is 0.340 e. The van der Waals surface area contributed by atoms with E-state index in [-0.39, 0.29) is 24.0 Å². The molecule has 3 heterocycles. The van der Waals surface area contributed by atoms with Crippen LogP contribution < -0.4 is 0 Å². The number of ether oxygens (including phenoxy) is 3. The third-order valence-electron chi connectivity index (χ3n) is 6.05. The summed E-state index contributed by atoms with van der Waals surface area (Å²) in [6.45, 7) is 7.99. The second-order valence-corrected chi connectivity index (χ2v) is 7.59. The SMILES string of the molecule is CCN(C1CCOCC1)C1COCC(OC(=O)c2cccc3ocnc23)C1C. The molecule has 152 valence electrons. The van der Waals surface area contributed by atoms with Gasteiger partial charge < -0.3 is 18.6 Å². The fraction of sp³-hybridized carbons (Fsp3) is 0.619. The van der Waals surface area contributed by atoms with E-state index in [0.29, 0.717) is 35.9 Å². The number of para-hydroxylation sites is 1. The maximum atomic E-state index is 12.8. The lowest BCUT2D eigenvalue weighted by atomic mass is 9.90. The van der Waals surface area contributed by atoms with Crippen molar-refractivity contribution in [3.63, 3.8) is 0 Å². The van der Waals surface area contributed by atoms with Crippen LogP contribution in [0, 0.1) is 5.92 Å². The minimum atomic E-state index is -0.380. The molecule has 0 amide bonds. The number of likely N-dealkylation sites (N-methyl/N-ethyl adjacent to an activating group) is 1. The zero-order valence-electron chi connectivity index (χ0n) is 16.5. The summed E-state index contributed by atoms with van der Waals surface area (Å²) in [5, 5.41) is 0. The van der Waals surface area contributed by atoms with Gasteiger partial charge >= 0.3 is 5.97 Å². The number of fused-ring (bicyclic) bond motifs is 1. The van der Waals surface area contributed by atoms with Crippen LogP contribution in [-0.4, -0.2) is 67.0 Å². The average Bonchev–Trinajstić information content (AvgIpc) is 3.21. The first-order chi connectivity index (χ1) is 13.7. The van der Waals surface area contributed by atoms with Crippen LogP contribution >= 0.6 is 0 Å². The topological polar surface area (TPSA) is 74.0 Å². The van der Waals surface area contributed by atoms with Crippen molar-refractivity contribution in [2.75, 3.05) is 33.0 Å². The van der Waals surface area contributed by atoms with Gasteiger partial charge in [0, 0.05) is 31.2 Å². The van der Waals surface area contributed by atoms with Crippen LogP contribution in [0.5, 0.6) is 0 Å². The highest BCUT2D eigenvalue weighted by Crippen LogP contribution is 2.28. The normalized spacial score (nSPS) is 26.6. The maximum absolute atomic E-state index is 12.8. The number of oxazole rings is 1. The fourth-order valence-corrected chi connectivity index (χ4v) is 4.43.